The molecule has 5 heteroatoms. The predicted octanol–water partition coefficient (Wildman–Crippen LogP) is 5.19. The van der Waals surface area contributed by atoms with Crippen molar-refractivity contribution in [3.63, 3.8) is 0 Å². The van der Waals surface area contributed by atoms with Gasteiger partial charge in [0.1, 0.15) is 11.5 Å². The van der Waals surface area contributed by atoms with Crippen molar-refractivity contribution in [2.45, 2.75) is 13.5 Å². The number of aryl methyl sites for hydroxylation is 1. The zero-order valence-corrected chi connectivity index (χ0v) is 11.6. The molecule has 0 atom stereocenters. The van der Waals surface area contributed by atoms with Crippen molar-refractivity contribution in [1.82, 2.24) is 0 Å². The largest absolute Gasteiger partial charge is 0.376 e. The summed E-state index contributed by atoms with van der Waals surface area (Å²) in [7, 11) is 0. The fourth-order valence-electron chi connectivity index (χ4n) is 1.69. The Hall–Kier alpha value is -1.32. The van der Waals surface area contributed by atoms with E-state index in [1.165, 1.54) is 12.1 Å². The lowest BCUT2D eigenvalue weighted by Gasteiger charge is -2.11. The average molecular weight is 302 g/mol. The Labute approximate surface area is 120 Å². The van der Waals surface area contributed by atoms with Crippen LogP contribution in [-0.2, 0) is 6.54 Å². The molecule has 0 bridgehead atoms. The van der Waals surface area contributed by atoms with Crippen LogP contribution in [0.5, 0.6) is 0 Å². The van der Waals surface area contributed by atoms with Crippen LogP contribution < -0.4 is 5.32 Å². The standard InChI is InChI=1S/C14H11Cl2F2N/c1-8-5-6-11(17)14(13(8)18)19-7-9-3-2-4-10(15)12(9)16/h2-6,19H,7H2,1H3. The minimum Gasteiger partial charge on any atom is -0.376 e. The summed E-state index contributed by atoms with van der Waals surface area (Å²) < 4.78 is 27.3. The molecule has 0 spiro atoms. The van der Waals surface area contributed by atoms with Crippen LogP contribution in [0.15, 0.2) is 30.3 Å². The highest BCUT2D eigenvalue weighted by Gasteiger charge is 2.12. The maximum Gasteiger partial charge on any atom is 0.152 e. The maximum absolute atomic E-state index is 13.8. The Bertz CT molecular complexity index is 615. The van der Waals surface area contributed by atoms with Gasteiger partial charge in [0.2, 0.25) is 0 Å². The van der Waals surface area contributed by atoms with Gasteiger partial charge in [-0.25, -0.2) is 8.78 Å². The third-order valence-corrected chi connectivity index (χ3v) is 3.63. The van der Waals surface area contributed by atoms with Gasteiger partial charge in [0.15, 0.2) is 5.82 Å². The molecule has 100 valence electrons. The van der Waals surface area contributed by atoms with Crippen LogP contribution in [0.2, 0.25) is 10.0 Å². The molecule has 0 radical (unpaired) electrons. The first-order chi connectivity index (χ1) is 9.00. The van der Waals surface area contributed by atoms with Gasteiger partial charge in [-0.2, -0.15) is 0 Å². The molecular formula is C14H11Cl2F2N. The van der Waals surface area contributed by atoms with Gasteiger partial charge in [-0.15, -0.1) is 0 Å². The number of benzene rings is 2. The molecule has 0 aliphatic heterocycles. The second-order valence-corrected chi connectivity index (χ2v) is 4.90. The van der Waals surface area contributed by atoms with E-state index < -0.39 is 11.6 Å². The first kappa shape index (κ1) is 14.1. The fourth-order valence-corrected chi connectivity index (χ4v) is 2.07. The molecule has 0 amide bonds. The lowest BCUT2D eigenvalue weighted by atomic mass is 10.1. The number of hydrogen-bond acceptors (Lipinski definition) is 1. The number of halogens is 4. The first-order valence-corrected chi connectivity index (χ1v) is 6.37. The SMILES string of the molecule is Cc1ccc(F)c(NCc2cccc(Cl)c2Cl)c1F. The lowest BCUT2D eigenvalue weighted by molar-refractivity contribution is 0.582. The Balaban J connectivity index is 2.24. The Morgan fingerprint density at radius 2 is 1.84 bits per heavy atom. The van der Waals surface area contributed by atoms with E-state index in [1.54, 1.807) is 25.1 Å². The number of anilines is 1. The van der Waals surface area contributed by atoms with Gasteiger partial charge < -0.3 is 5.32 Å². The van der Waals surface area contributed by atoms with E-state index in [9.17, 15) is 8.78 Å². The van der Waals surface area contributed by atoms with Gasteiger partial charge in [0.05, 0.1) is 10.0 Å². The Morgan fingerprint density at radius 3 is 2.58 bits per heavy atom. The molecular weight excluding hydrogens is 291 g/mol. The van der Waals surface area contributed by atoms with Gasteiger partial charge in [0, 0.05) is 6.54 Å². The van der Waals surface area contributed by atoms with Crippen molar-refractivity contribution < 1.29 is 8.78 Å². The van der Waals surface area contributed by atoms with E-state index in [1.807, 2.05) is 0 Å². The summed E-state index contributed by atoms with van der Waals surface area (Å²) >= 11 is 11.9. The first-order valence-electron chi connectivity index (χ1n) is 5.62. The van der Waals surface area contributed by atoms with Crippen LogP contribution in [0.25, 0.3) is 0 Å². The number of rotatable bonds is 3. The highest BCUT2D eigenvalue weighted by atomic mass is 35.5. The van der Waals surface area contributed by atoms with Crippen LogP contribution in [0, 0.1) is 18.6 Å². The van der Waals surface area contributed by atoms with Gasteiger partial charge in [0.25, 0.3) is 0 Å². The smallest absolute Gasteiger partial charge is 0.152 e. The van der Waals surface area contributed by atoms with Crippen molar-refractivity contribution in [3.05, 3.63) is 63.1 Å². The Kier molecular flexibility index (Phi) is 4.27. The lowest BCUT2D eigenvalue weighted by Crippen LogP contribution is -2.05. The minimum atomic E-state index is -0.638. The maximum atomic E-state index is 13.8. The average Bonchev–Trinajstić information content (AvgIpc) is 2.39. The van der Waals surface area contributed by atoms with Crippen molar-refractivity contribution in [1.29, 1.82) is 0 Å². The van der Waals surface area contributed by atoms with Crippen LogP contribution in [-0.4, -0.2) is 0 Å². The molecule has 0 saturated carbocycles. The van der Waals surface area contributed by atoms with E-state index in [4.69, 9.17) is 23.2 Å². The molecule has 2 rings (SSSR count). The van der Waals surface area contributed by atoms with E-state index in [0.717, 1.165) is 0 Å². The van der Waals surface area contributed by atoms with Gasteiger partial charge in [-0.1, -0.05) is 41.4 Å². The molecule has 0 saturated heterocycles. The molecule has 0 aliphatic rings. The summed E-state index contributed by atoms with van der Waals surface area (Å²) in [4.78, 5) is 0. The number of nitrogens with one attached hydrogen (secondary N) is 1. The second kappa shape index (κ2) is 5.76. The summed E-state index contributed by atoms with van der Waals surface area (Å²) in [5, 5.41) is 3.50. The van der Waals surface area contributed by atoms with Crippen molar-refractivity contribution in [2.24, 2.45) is 0 Å². The zero-order chi connectivity index (χ0) is 14.0. The summed E-state index contributed by atoms with van der Waals surface area (Å²) in [6.07, 6.45) is 0. The van der Waals surface area contributed by atoms with E-state index >= 15 is 0 Å². The molecule has 0 aliphatic carbocycles. The van der Waals surface area contributed by atoms with E-state index in [2.05, 4.69) is 5.32 Å². The highest BCUT2D eigenvalue weighted by molar-refractivity contribution is 6.42. The van der Waals surface area contributed by atoms with Crippen LogP contribution in [0.3, 0.4) is 0 Å². The van der Waals surface area contributed by atoms with Crippen LogP contribution >= 0.6 is 23.2 Å². The normalized spacial score (nSPS) is 10.6. The monoisotopic (exact) mass is 301 g/mol. The Morgan fingerprint density at radius 1 is 1.11 bits per heavy atom. The van der Waals surface area contributed by atoms with Gasteiger partial charge >= 0.3 is 0 Å². The number of hydrogen-bond donors (Lipinski definition) is 1. The molecule has 0 unspecified atom stereocenters. The van der Waals surface area contributed by atoms with Gasteiger partial charge in [-0.05, 0) is 30.2 Å². The van der Waals surface area contributed by atoms with E-state index in [-0.39, 0.29) is 12.2 Å². The summed E-state index contributed by atoms with van der Waals surface area (Å²) in [6, 6.07) is 7.74. The third kappa shape index (κ3) is 2.99. The van der Waals surface area contributed by atoms with Crippen molar-refractivity contribution in [2.75, 3.05) is 5.32 Å². The third-order valence-electron chi connectivity index (χ3n) is 2.77. The zero-order valence-electron chi connectivity index (χ0n) is 10.1. The molecule has 2 aromatic rings. The van der Waals surface area contributed by atoms with E-state index in [0.29, 0.717) is 21.2 Å². The van der Waals surface area contributed by atoms with Crippen molar-refractivity contribution in [3.8, 4) is 0 Å². The molecule has 1 N–H and O–H groups in total. The molecule has 0 aromatic heterocycles. The highest BCUT2D eigenvalue weighted by Crippen LogP contribution is 2.27. The summed E-state index contributed by atoms with van der Waals surface area (Å²) in [5.41, 5.74) is 0.895. The molecule has 2 aromatic carbocycles. The molecule has 1 nitrogen and oxygen atoms in total. The molecule has 0 heterocycles. The van der Waals surface area contributed by atoms with Gasteiger partial charge in [-0.3, -0.25) is 0 Å². The second-order valence-electron chi connectivity index (χ2n) is 4.12. The topological polar surface area (TPSA) is 12.0 Å². The summed E-state index contributed by atoms with van der Waals surface area (Å²) in [6.45, 7) is 1.77. The molecule has 0 fully saturated rings. The fraction of sp³-hybridized carbons (Fsp3) is 0.143. The molecule has 19 heavy (non-hydrogen) atoms. The minimum absolute atomic E-state index is 0.156. The van der Waals surface area contributed by atoms with Crippen molar-refractivity contribution >= 4 is 28.9 Å². The van der Waals surface area contributed by atoms with Crippen LogP contribution in [0.1, 0.15) is 11.1 Å². The predicted molar refractivity (Wildman–Crippen MR) is 74.9 cm³/mol. The van der Waals surface area contributed by atoms with Crippen LogP contribution in [0.4, 0.5) is 14.5 Å². The quantitative estimate of drug-likeness (QED) is 0.822. The summed E-state index contributed by atoms with van der Waals surface area (Å²) in [5.74, 6) is -1.24.